The van der Waals surface area contributed by atoms with E-state index in [1.165, 1.54) is 11.1 Å². The molecule has 1 unspecified atom stereocenters. The second kappa shape index (κ2) is 8.47. The molecule has 2 atom stereocenters. The molecule has 0 radical (unpaired) electrons. The standard InChI is InChI=1S/C20H32O2/c1-15(2)19(22)9-12-20(5)10-6-7-16(3)13-18(21)14-17(4)8-11-20/h6,8,10,13,15,18,21H,7,9,11-12,14H2,1-5H3/b10-6+,16-13+,17-8+/t18-,20?/m0/s1. The van der Waals surface area contributed by atoms with Crippen LogP contribution in [0.4, 0.5) is 0 Å². The zero-order valence-electron chi connectivity index (χ0n) is 14.9. The van der Waals surface area contributed by atoms with E-state index >= 15 is 0 Å². The maximum atomic E-state index is 11.9. The minimum absolute atomic E-state index is 0.0153. The first-order valence-electron chi connectivity index (χ1n) is 8.43. The van der Waals surface area contributed by atoms with Crippen LogP contribution in [0.3, 0.4) is 0 Å². The number of Topliss-reactive ketones (excluding diaryl/α,β-unsaturated/α-hetero) is 1. The Balaban J connectivity index is 2.87. The summed E-state index contributed by atoms with van der Waals surface area (Å²) in [7, 11) is 0. The van der Waals surface area contributed by atoms with Gasteiger partial charge in [-0.05, 0) is 44.9 Å². The summed E-state index contributed by atoms with van der Waals surface area (Å²) in [4.78, 5) is 11.9. The third kappa shape index (κ3) is 6.74. The Morgan fingerprint density at radius 3 is 2.68 bits per heavy atom. The smallest absolute Gasteiger partial charge is 0.135 e. The van der Waals surface area contributed by atoms with Crippen molar-refractivity contribution in [1.29, 1.82) is 0 Å². The van der Waals surface area contributed by atoms with Crippen molar-refractivity contribution >= 4 is 5.78 Å². The highest BCUT2D eigenvalue weighted by molar-refractivity contribution is 5.80. The number of carbonyl (C=O) groups excluding carboxylic acids is 1. The molecule has 1 N–H and O–H groups in total. The topological polar surface area (TPSA) is 37.3 Å². The van der Waals surface area contributed by atoms with Gasteiger partial charge in [0.25, 0.3) is 0 Å². The fourth-order valence-electron chi connectivity index (χ4n) is 2.76. The van der Waals surface area contributed by atoms with Crippen molar-refractivity contribution in [3.8, 4) is 0 Å². The van der Waals surface area contributed by atoms with Gasteiger partial charge in [-0.2, -0.15) is 0 Å². The van der Waals surface area contributed by atoms with Crippen LogP contribution in [0.25, 0.3) is 0 Å². The zero-order chi connectivity index (χ0) is 16.8. The molecular weight excluding hydrogens is 272 g/mol. The van der Waals surface area contributed by atoms with E-state index in [1.54, 1.807) is 0 Å². The Morgan fingerprint density at radius 2 is 2.05 bits per heavy atom. The van der Waals surface area contributed by atoms with Crippen LogP contribution in [-0.2, 0) is 4.79 Å². The van der Waals surface area contributed by atoms with Crippen LogP contribution < -0.4 is 0 Å². The van der Waals surface area contributed by atoms with E-state index in [9.17, 15) is 9.90 Å². The zero-order valence-corrected chi connectivity index (χ0v) is 14.9. The van der Waals surface area contributed by atoms with Crippen molar-refractivity contribution in [2.24, 2.45) is 11.3 Å². The first-order chi connectivity index (χ1) is 10.2. The Morgan fingerprint density at radius 1 is 1.36 bits per heavy atom. The molecule has 0 aromatic rings. The van der Waals surface area contributed by atoms with Crippen LogP contribution in [-0.4, -0.2) is 17.0 Å². The average molecular weight is 304 g/mol. The van der Waals surface area contributed by atoms with Gasteiger partial charge in [0.05, 0.1) is 6.10 Å². The lowest BCUT2D eigenvalue weighted by Crippen LogP contribution is -2.17. The molecule has 2 heteroatoms. The van der Waals surface area contributed by atoms with Crippen LogP contribution >= 0.6 is 0 Å². The van der Waals surface area contributed by atoms with Crippen LogP contribution in [0.2, 0.25) is 0 Å². The predicted octanol–water partition coefficient (Wildman–Crippen LogP) is 4.99. The Hall–Kier alpha value is -1.15. The highest BCUT2D eigenvalue weighted by Gasteiger charge is 2.22. The molecule has 0 saturated carbocycles. The summed E-state index contributed by atoms with van der Waals surface area (Å²) in [5.74, 6) is 0.462. The third-order valence-electron chi connectivity index (χ3n) is 4.47. The van der Waals surface area contributed by atoms with Gasteiger partial charge in [0, 0.05) is 12.3 Å². The molecule has 0 aromatic carbocycles. The van der Waals surface area contributed by atoms with Gasteiger partial charge >= 0.3 is 0 Å². The summed E-state index contributed by atoms with van der Waals surface area (Å²) in [6, 6.07) is 0. The number of carbonyl (C=O) groups is 1. The van der Waals surface area contributed by atoms with E-state index in [-0.39, 0.29) is 11.3 Å². The van der Waals surface area contributed by atoms with Gasteiger partial charge < -0.3 is 5.11 Å². The molecule has 0 aromatic heterocycles. The van der Waals surface area contributed by atoms with Gasteiger partial charge in [-0.1, -0.05) is 56.2 Å². The molecule has 0 aliphatic heterocycles. The van der Waals surface area contributed by atoms with E-state index in [2.05, 4.69) is 39.0 Å². The van der Waals surface area contributed by atoms with Crippen LogP contribution in [0.1, 0.15) is 66.7 Å². The quantitative estimate of drug-likeness (QED) is 0.743. The average Bonchev–Trinajstić information content (AvgIpc) is 2.43. The number of ketones is 1. The van der Waals surface area contributed by atoms with Gasteiger partial charge in [-0.3, -0.25) is 4.79 Å². The van der Waals surface area contributed by atoms with Crippen molar-refractivity contribution in [3.05, 3.63) is 35.5 Å². The van der Waals surface area contributed by atoms with Crippen LogP contribution in [0.15, 0.2) is 35.5 Å². The van der Waals surface area contributed by atoms with Crippen molar-refractivity contribution < 1.29 is 9.90 Å². The van der Waals surface area contributed by atoms with Crippen molar-refractivity contribution in [1.82, 2.24) is 0 Å². The van der Waals surface area contributed by atoms with E-state index in [0.29, 0.717) is 18.6 Å². The minimum atomic E-state index is -0.392. The molecule has 1 rings (SSSR count). The fraction of sp³-hybridized carbons (Fsp3) is 0.650. The fourth-order valence-corrected chi connectivity index (χ4v) is 2.76. The van der Waals surface area contributed by atoms with Gasteiger partial charge in [-0.25, -0.2) is 0 Å². The lowest BCUT2D eigenvalue weighted by atomic mass is 9.79. The van der Waals surface area contributed by atoms with Crippen molar-refractivity contribution in [2.75, 3.05) is 0 Å². The Kier molecular flexibility index (Phi) is 7.28. The number of hydrogen-bond acceptors (Lipinski definition) is 2. The molecule has 1 aliphatic rings. The van der Waals surface area contributed by atoms with Gasteiger partial charge in [0.2, 0.25) is 0 Å². The van der Waals surface area contributed by atoms with E-state index in [0.717, 1.165) is 19.3 Å². The number of aliphatic hydroxyl groups is 1. The molecule has 0 bridgehead atoms. The molecule has 0 fully saturated rings. The first kappa shape index (κ1) is 18.9. The molecule has 0 amide bonds. The van der Waals surface area contributed by atoms with Gasteiger partial charge in [-0.15, -0.1) is 0 Å². The molecule has 22 heavy (non-hydrogen) atoms. The molecule has 0 heterocycles. The summed E-state index contributed by atoms with van der Waals surface area (Å²) in [6.07, 6.45) is 12.2. The molecule has 1 aliphatic carbocycles. The van der Waals surface area contributed by atoms with Crippen molar-refractivity contribution in [2.45, 2.75) is 72.8 Å². The van der Waals surface area contributed by atoms with Crippen molar-refractivity contribution in [3.63, 3.8) is 0 Å². The SMILES string of the molecule is C/C1=C\[C@H](O)C/C(C)=C/CC(C)(CCC(=O)C(C)C)/C=C/C1. The molecular formula is C20H32O2. The third-order valence-corrected chi connectivity index (χ3v) is 4.47. The second-order valence-electron chi connectivity index (χ2n) is 7.42. The number of rotatable bonds is 4. The lowest BCUT2D eigenvalue weighted by Gasteiger charge is -2.25. The highest BCUT2D eigenvalue weighted by atomic mass is 16.3. The molecule has 124 valence electrons. The number of hydrogen-bond donors (Lipinski definition) is 1. The monoisotopic (exact) mass is 304 g/mol. The largest absolute Gasteiger partial charge is 0.389 e. The number of aliphatic hydroxyl groups excluding tert-OH is 1. The first-order valence-corrected chi connectivity index (χ1v) is 8.43. The van der Waals surface area contributed by atoms with Crippen LogP contribution in [0.5, 0.6) is 0 Å². The highest BCUT2D eigenvalue weighted by Crippen LogP contribution is 2.32. The van der Waals surface area contributed by atoms with E-state index in [4.69, 9.17) is 0 Å². The Bertz CT molecular complexity index is 468. The summed E-state index contributed by atoms with van der Waals surface area (Å²) in [5, 5.41) is 10.0. The predicted molar refractivity (Wildman–Crippen MR) is 93.7 cm³/mol. The molecule has 0 saturated heterocycles. The lowest BCUT2D eigenvalue weighted by molar-refractivity contribution is -0.122. The summed E-state index contributed by atoms with van der Waals surface area (Å²) in [6.45, 7) is 10.3. The second-order valence-corrected chi connectivity index (χ2v) is 7.42. The maximum Gasteiger partial charge on any atom is 0.135 e. The van der Waals surface area contributed by atoms with Crippen LogP contribution in [0, 0.1) is 11.3 Å². The number of allylic oxidation sites excluding steroid dienone is 4. The van der Waals surface area contributed by atoms with E-state index in [1.807, 2.05) is 19.9 Å². The Labute approximate surface area is 136 Å². The van der Waals surface area contributed by atoms with Gasteiger partial charge in [0.15, 0.2) is 0 Å². The minimum Gasteiger partial charge on any atom is -0.389 e. The molecule has 0 spiro atoms. The summed E-state index contributed by atoms with van der Waals surface area (Å²) < 4.78 is 0. The summed E-state index contributed by atoms with van der Waals surface area (Å²) in [5.41, 5.74) is 2.42. The maximum absolute atomic E-state index is 11.9. The van der Waals surface area contributed by atoms with Gasteiger partial charge in [0.1, 0.15) is 5.78 Å². The summed E-state index contributed by atoms with van der Waals surface area (Å²) >= 11 is 0. The molecule has 2 nitrogen and oxygen atoms in total. The van der Waals surface area contributed by atoms with E-state index < -0.39 is 6.10 Å². The normalized spacial score (nSPS) is 33.3.